The Morgan fingerprint density at radius 1 is 0.894 bits per heavy atom. The number of methoxy groups -OCH3 is 1. The quantitative estimate of drug-likeness (QED) is 0.398. The third-order valence-corrected chi connectivity index (χ3v) is 8.66. The topological polar surface area (TPSA) is 101 Å². The fourth-order valence-corrected chi connectivity index (χ4v) is 6.40. The molecule has 0 spiro atoms. The molecule has 2 aromatic rings. The summed E-state index contributed by atoms with van der Waals surface area (Å²) < 4.78 is 22.2. The Balaban J connectivity index is 1.38. The van der Waals surface area contributed by atoms with Gasteiger partial charge in [0.15, 0.2) is 11.5 Å². The van der Waals surface area contributed by atoms with Crippen molar-refractivity contribution >= 4 is 17.9 Å². The summed E-state index contributed by atoms with van der Waals surface area (Å²) in [4.78, 5) is 48.6. The Hall–Kier alpha value is -3.99. The van der Waals surface area contributed by atoms with Crippen molar-refractivity contribution in [2.24, 2.45) is 5.41 Å². The molecular formula is C36H50N4O7. The predicted octanol–water partition coefficient (Wildman–Crippen LogP) is 4.91. The number of benzene rings is 2. The van der Waals surface area contributed by atoms with Crippen LogP contribution in [0.1, 0.15) is 65.5 Å². The lowest BCUT2D eigenvalue weighted by molar-refractivity contribution is -0.138. The van der Waals surface area contributed by atoms with Crippen LogP contribution in [-0.4, -0.2) is 102 Å². The maximum atomic E-state index is 14.3. The van der Waals surface area contributed by atoms with E-state index in [-0.39, 0.29) is 36.2 Å². The fourth-order valence-electron chi connectivity index (χ4n) is 6.40. The van der Waals surface area contributed by atoms with Crippen molar-refractivity contribution in [3.8, 4) is 17.2 Å². The van der Waals surface area contributed by atoms with E-state index < -0.39 is 11.6 Å². The van der Waals surface area contributed by atoms with Crippen LogP contribution in [0.2, 0.25) is 0 Å². The molecule has 3 amide bonds. The van der Waals surface area contributed by atoms with Gasteiger partial charge in [0.25, 0.3) is 0 Å². The van der Waals surface area contributed by atoms with Gasteiger partial charge in [-0.15, -0.1) is 0 Å². The predicted molar refractivity (Wildman–Crippen MR) is 177 cm³/mol. The number of amides is 3. The van der Waals surface area contributed by atoms with Gasteiger partial charge in [-0.25, -0.2) is 4.79 Å². The molecule has 5 rings (SSSR count). The molecule has 2 saturated heterocycles. The van der Waals surface area contributed by atoms with Crippen molar-refractivity contribution in [1.82, 2.24) is 19.6 Å². The molecule has 0 bridgehead atoms. The molecule has 47 heavy (non-hydrogen) atoms. The van der Waals surface area contributed by atoms with Crippen LogP contribution >= 0.6 is 0 Å². The number of carbonyl (C=O) groups is 3. The summed E-state index contributed by atoms with van der Waals surface area (Å²) in [6.45, 7) is 15.1. The second-order valence-corrected chi connectivity index (χ2v) is 14.9. The van der Waals surface area contributed by atoms with Crippen molar-refractivity contribution in [1.29, 1.82) is 0 Å². The number of ether oxygens (including phenoxy) is 4. The summed E-state index contributed by atoms with van der Waals surface area (Å²) in [7, 11) is 1.64. The van der Waals surface area contributed by atoms with Crippen molar-refractivity contribution in [3.05, 3.63) is 53.6 Å². The number of carbonyl (C=O) groups excluding carboxylic acids is 3. The molecule has 256 valence electrons. The zero-order valence-electron chi connectivity index (χ0n) is 28.9. The van der Waals surface area contributed by atoms with Crippen LogP contribution in [0, 0.1) is 5.41 Å². The average Bonchev–Trinajstić information content (AvgIpc) is 3.65. The number of likely N-dealkylation sites (tertiary alicyclic amines) is 1. The molecule has 0 saturated carbocycles. The highest BCUT2D eigenvalue weighted by Gasteiger charge is 2.43. The van der Waals surface area contributed by atoms with E-state index >= 15 is 0 Å². The summed E-state index contributed by atoms with van der Waals surface area (Å²) in [6, 6.07) is 13.1. The zero-order valence-corrected chi connectivity index (χ0v) is 28.9. The van der Waals surface area contributed by atoms with Gasteiger partial charge in [-0.05, 0) is 68.0 Å². The van der Waals surface area contributed by atoms with E-state index in [0.717, 1.165) is 16.9 Å². The maximum absolute atomic E-state index is 14.3. The number of rotatable bonds is 8. The van der Waals surface area contributed by atoms with E-state index in [4.69, 9.17) is 18.9 Å². The maximum Gasteiger partial charge on any atom is 0.410 e. The second-order valence-electron chi connectivity index (χ2n) is 14.9. The minimum absolute atomic E-state index is 0.0154. The average molecular weight is 651 g/mol. The summed E-state index contributed by atoms with van der Waals surface area (Å²) in [6.07, 6.45) is 0.539. The molecule has 11 heteroatoms. The van der Waals surface area contributed by atoms with Gasteiger partial charge in [0.2, 0.25) is 18.6 Å². The molecule has 0 N–H and O–H groups in total. The van der Waals surface area contributed by atoms with Crippen LogP contribution in [0.15, 0.2) is 42.5 Å². The minimum atomic E-state index is -0.584. The van der Waals surface area contributed by atoms with E-state index in [9.17, 15) is 14.4 Å². The Labute approximate surface area is 278 Å². The van der Waals surface area contributed by atoms with Crippen molar-refractivity contribution in [3.63, 3.8) is 0 Å². The lowest BCUT2D eigenvalue weighted by Gasteiger charge is -2.37. The van der Waals surface area contributed by atoms with Crippen LogP contribution in [0.3, 0.4) is 0 Å². The standard InChI is InChI=1S/C36H50N4O7/c1-35(2,3)20-32(41)40(22-25-9-8-10-28(17-25)44-7)27-19-29(39(23-27)21-26-11-12-30-31(18-26)46-24-45-30)33(42)37-13-15-38(16-14-37)34(43)47-36(4,5)6/h8-12,17-18,27,29H,13-16,19-24H2,1-7H3/t27-,29+/m1/s1. The lowest BCUT2D eigenvalue weighted by Crippen LogP contribution is -2.55. The Morgan fingerprint density at radius 2 is 1.60 bits per heavy atom. The highest BCUT2D eigenvalue weighted by Crippen LogP contribution is 2.35. The van der Waals surface area contributed by atoms with Gasteiger partial charge in [-0.2, -0.15) is 0 Å². The third-order valence-electron chi connectivity index (χ3n) is 8.66. The first kappa shape index (κ1) is 34.3. The van der Waals surface area contributed by atoms with Gasteiger partial charge >= 0.3 is 6.09 Å². The third kappa shape index (κ3) is 8.88. The first-order valence-corrected chi connectivity index (χ1v) is 16.5. The molecule has 3 aliphatic heterocycles. The fraction of sp³-hybridized carbons (Fsp3) is 0.583. The molecule has 11 nitrogen and oxygen atoms in total. The van der Waals surface area contributed by atoms with Crippen LogP contribution < -0.4 is 14.2 Å². The number of hydrogen-bond acceptors (Lipinski definition) is 8. The monoisotopic (exact) mass is 650 g/mol. The van der Waals surface area contributed by atoms with Crippen molar-refractivity contribution < 1.29 is 33.3 Å². The van der Waals surface area contributed by atoms with Crippen LogP contribution in [-0.2, 0) is 27.4 Å². The van der Waals surface area contributed by atoms with Gasteiger partial charge in [0.1, 0.15) is 11.4 Å². The SMILES string of the molecule is COc1cccc(CN(C(=O)CC(C)(C)C)[C@@H]2C[C@@H](C(=O)N3CCN(C(=O)OC(C)(C)C)CC3)N(Cc3ccc4c(c3)OCO4)C2)c1. The molecule has 2 aromatic carbocycles. The number of nitrogens with zero attached hydrogens (tertiary/aromatic N) is 4. The summed E-state index contributed by atoms with van der Waals surface area (Å²) >= 11 is 0. The molecule has 2 atom stereocenters. The van der Waals surface area contributed by atoms with Gasteiger partial charge in [0.05, 0.1) is 13.2 Å². The number of fused-ring (bicyclic) bond motifs is 1. The Bertz CT molecular complexity index is 1440. The molecule has 2 fully saturated rings. The van der Waals surface area contributed by atoms with Gasteiger partial charge in [-0.1, -0.05) is 39.0 Å². The minimum Gasteiger partial charge on any atom is -0.497 e. The van der Waals surface area contributed by atoms with Crippen LogP contribution in [0.4, 0.5) is 4.79 Å². The molecule has 0 aromatic heterocycles. The van der Waals surface area contributed by atoms with E-state index in [1.165, 1.54) is 0 Å². The molecular weight excluding hydrogens is 600 g/mol. The second kappa shape index (κ2) is 14.0. The van der Waals surface area contributed by atoms with E-state index in [2.05, 4.69) is 25.7 Å². The van der Waals surface area contributed by atoms with Crippen molar-refractivity contribution in [2.45, 2.75) is 85.2 Å². The molecule has 0 unspecified atom stereocenters. The molecule has 3 heterocycles. The van der Waals surface area contributed by atoms with E-state index in [0.29, 0.717) is 70.2 Å². The van der Waals surface area contributed by atoms with Crippen LogP contribution in [0.25, 0.3) is 0 Å². The van der Waals surface area contributed by atoms with Gasteiger partial charge in [0, 0.05) is 58.3 Å². The largest absolute Gasteiger partial charge is 0.497 e. The normalized spacial score (nSPS) is 19.9. The first-order valence-electron chi connectivity index (χ1n) is 16.5. The molecule has 3 aliphatic rings. The van der Waals surface area contributed by atoms with Gasteiger partial charge in [-0.3, -0.25) is 14.5 Å². The number of hydrogen-bond donors (Lipinski definition) is 0. The smallest absolute Gasteiger partial charge is 0.410 e. The number of piperazine rings is 1. The summed E-state index contributed by atoms with van der Waals surface area (Å²) in [5.41, 5.74) is 1.20. The highest BCUT2D eigenvalue weighted by atomic mass is 16.7. The van der Waals surface area contributed by atoms with Gasteiger partial charge < -0.3 is 33.6 Å². The van der Waals surface area contributed by atoms with Crippen LogP contribution in [0.5, 0.6) is 17.2 Å². The first-order chi connectivity index (χ1) is 22.2. The van der Waals surface area contributed by atoms with E-state index in [1.807, 2.05) is 73.0 Å². The molecule has 0 radical (unpaired) electrons. The highest BCUT2D eigenvalue weighted by molar-refractivity contribution is 5.83. The summed E-state index contributed by atoms with van der Waals surface area (Å²) in [5, 5.41) is 0. The Morgan fingerprint density at radius 3 is 2.28 bits per heavy atom. The zero-order chi connectivity index (χ0) is 33.9. The summed E-state index contributed by atoms with van der Waals surface area (Å²) in [5.74, 6) is 2.22. The molecule has 0 aliphatic carbocycles. The van der Waals surface area contributed by atoms with Crippen molar-refractivity contribution in [2.75, 3.05) is 46.6 Å². The Kier molecular flexibility index (Phi) is 10.2. The lowest BCUT2D eigenvalue weighted by atomic mass is 9.91. The van der Waals surface area contributed by atoms with E-state index in [1.54, 1.807) is 12.0 Å².